The van der Waals surface area contributed by atoms with Crippen molar-refractivity contribution in [1.82, 2.24) is 4.90 Å². The summed E-state index contributed by atoms with van der Waals surface area (Å²) < 4.78 is 11.5. The van der Waals surface area contributed by atoms with Crippen LogP contribution in [-0.4, -0.2) is 55.2 Å². The third-order valence-electron chi connectivity index (χ3n) is 3.69. The first-order chi connectivity index (χ1) is 7.83. The molecule has 2 rings (SSSR count). The van der Waals surface area contributed by atoms with Crippen molar-refractivity contribution >= 4 is 0 Å². The van der Waals surface area contributed by atoms with Crippen LogP contribution in [0.3, 0.4) is 0 Å². The second-order valence-corrected chi connectivity index (χ2v) is 4.74. The molecule has 16 heavy (non-hydrogen) atoms. The highest BCUT2D eigenvalue weighted by molar-refractivity contribution is 4.77. The van der Waals surface area contributed by atoms with Crippen molar-refractivity contribution in [1.29, 1.82) is 0 Å². The van der Waals surface area contributed by atoms with Crippen molar-refractivity contribution in [3.05, 3.63) is 0 Å². The number of likely N-dealkylation sites (tertiary alicyclic amines) is 1. The van der Waals surface area contributed by atoms with E-state index in [1.807, 2.05) is 0 Å². The maximum Gasteiger partial charge on any atom is 0.161 e. The van der Waals surface area contributed by atoms with Gasteiger partial charge in [0.05, 0.1) is 12.7 Å². The van der Waals surface area contributed by atoms with Gasteiger partial charge in [-0.1, -0.05) is 6.92 Å². The first-order valence-corrected chi connectivity index (χ1v) is 6.43. The molecule has 0 aliphatic carbocycles. The minimum atomic E-state index is -0.0180. The van der Waals surface area contributed by atoms with Crippen LogP contribution in [0.4, 0.5) is 0 Å². The third-order valence-corrected chi connectivity index (χ3v) is 3.69. The zero-order chi connectivity index (χ0) is 11.4. The van der Waals surface area contributed by atoms with E-state index >= 15 is 0 Å². The van der Waals surface area contributed by atoms with E-state index in [1.165, 1.54) is 12.8 Å². The molecule has 2 aliphatic heterocycles. The summed E-state index contributed by atoms with van der Waals surface area (Å²) in [5, 5.41) is 8.85. The standard InChI is InChI=1S/C12H23NO3/c1-2-13-6-3-10(4-7-13)12-15-9-11(16-12)5-8-14/h10-12,14H,2-9H2,1H3. The average molecular weight is 229 g/mol. The molecule has 2 unspecified atom stereocenters. The van der Waals surface area contributed by atoms with Gasteiger partial charge in [0, 0.05) is 12.5 Å². The summed E-state index contributed by atoms with van der Waals surface area (Å²) in [5.74, 6) is 0.548. The van der Waals surface area contributed by atoms with Crippen LogP contribution in [0.1, 0.15) is 26.2 Å². The molecule has 0 aromatic rings. The Morgan fingerprint density at radius 1 is 1.31 bits per heavy atom. The maximum atomic E-state index is 8.85. The molecule has 0 amide bonds. The second kappa shape index (κ2) is 5.96. The smallest absolute Gasteiger partial charge is 0.161 e. The molecule has 0 aromatic carbocycles. The molecule has 4 heteroatoms. The fraction of sp³-hybridized carbons (Fsp3) is 1.00. The summed E-state index contributed by atoms with van der Waals surface area (Å²) in [5.41, 5.74) is 0. The summed E-state index contributed by atoms with van der Waals surface area (Å²) >= 11 is 0. The molecule has 2 atom stereocenters. The molecular weight excluding hydrogens is 206 g/mol. The Morgan fingerprint density at radius 2 is 2.06 bits per heavy atom. The van der Waals surface area contributed by atoms with Gasteiger partial charge in [0.1, 0.15) is 0 Å². The van der Waals surface area contributed by atoms with Crippen LogP contribution in [0, 0.1) is 5.92 Å². The van der Waals surface area contributed by atoms with Gasteiger partial charge in [-0.15, -0.1) is 0 Å². The van der Waals surface area contributed by atoms with Gasteiger partial charge in [-0.3, -0.25) is 0 Å². The molecule has 2 saturated heterocycles. The number of aliphatic hydroxyl groups excluding tert-OH is 1. The monoisotopic (exact) mass is 229 g/mol. The van der Waals surface area contributed by atoms with E-state index < -0.39 is 0 Å². The van der Waals surface area contributed by atoms with Gasteiger partial charge >= 0.3 is 0 Å². The van der Waals surface area contributed by atoms with Crippen LogP contribution < -0.4 is 0 Å². The predicted octanol–water partition coefficient (Wildman–Crippen LogP) is 0.842. The number of hydrogen-bond donors (Lipinski definition) is 1. The average Bonchev–Trinajstić information content (AvgIpc) is 2.78. The molecule has 1 N–H and O–H groups in total. The van der Waals surface area contributed by atoms with Gasteiger partial charge in [0.25, 0.3) is 0 Å². The Kier molecular flexibility index (Phi) is 4.58. The van der Waals surface area contributed by atoms with E-state index in [4.69, 9.17) is 14.6 Å². The highest BCUT2D eigenvalue weighted by Gasteiger charge is 2.33. The van der Waals surface area contributed by atoms with Crippen LogP contribution in [0.5, 0.6) is 0 Å². The Morgan fingerprint density at radius 3 is 2.69 bits per heavy atom. The maximum absolute atomic E-state index is 8.85. The van der Waals surface area contributed by atoms with Crippen LogP contribution in [0.2, 0.25) is 0 Å². The lowest BCUT2D eigenvalue weighted by Crippen LogP contribution is -2.38. The molecule has 0 saturated carbocycles. The van der Waals surface area contributed by atoms with Crippen LogP contribution >= 0.6 is 0 Å². The van der Waals surface area contributed by atoms with E-state index in [1.54, 1.807) is 0 Å². The Hall–Kier alpha value is -0.160. The normalized spacial score (nSPS) is 33.4. The van der Waals surface area contributed by atoms with Crippen molar-refractivity contribution in [2.24, 2.45) is 5.92 Å². The molecule has 0 aromatic heterocycles. The lowest BCUT2D eigenvalue weighted by molar-refractivity contribution is -0.110. The van der Waals surface area contributed by atoms with Crippen LogP contribution in [0.25, 0.3) is 0 Å². The zero-order valence-electron chi connectivity index (χ0n) is 10.1. The highest BCUT2D eigenvalue weighted by atomic mass is 16.7. The highest BCUT2D eigenvalue weighted by Crippen LogP contribution is 2.28. The molecule has 2 aliphatic rings. The van der Waals surface area contributed by atoms with Crippen molar-refractivity contribution < 1.29 is 14.6 Å². The minimum Gasteiger partial charge on any atom is -0.396 e. The topological polar surface area (TPSA) is 41.9 Å². The molecule has 0 bridgehead atoms. The number of hydrogen-bond acceptors (Lipinski definition) is 4. The van der Waals surface area contributed by atoms with Crippen molar-refractivity contribution in [2.45, 2.75) is 38.6 Å². The van der Waals surface area contributed by atoms with Crippen LogP contribution in [0.15, 0.2) is 0 Å². The summed E-state index contributed by atoms with van der Waals surface area (Å²) in [6, 6.07) is 0. The third kappa shape index (κ3) is 2.94. The van der Waals surface area contributed by atoms with Gasteiger partial charge in [-0.2, -0.15) is 0 Å². The molecule has 94 valence electrons. The van der Waals surface area contributed by atoms with Gasteiger partial charge < -0.3 is 19.5 Å². The molecule has 2 fully saturated rings. The molecular formula is C12H23NO3. The van der Waals surface area contributed by atoms with Crippen molar-refractivity contribution in [2.75, 3.05) is 32.8 Å². The number of piperidine rings is 1. The summed E-state index contributed by atoms with van der Waals surface area (Å²) in [4.78, 5) is 2.47. The largest absolute Gasteiger partial charge is 0.396 e. The van der Waals surface area contributed by atoms with E-state index in [-0.39, 0.29) is 19.0 Å². The van der Waals surface area contributed by atoms with E-state index in [9.17, 15) is 0 Å². The fourth-order valence-electron chi connectivity index (χ4n) is 2.55. The Balaban J connectivity index is 1.73. The molecule has 0 spiro atoms. The first-order valence-electron chi connectivity index (χ1n) is 6.43. The second-order valence-electron chi connectivity index (χ2n) is 4.74. The Bertz CT molecular complexity index is 204. The number of ether oxygens (including phenoxy) is 2. The van der Waals surface area contributed by atoms with E-state index in [0.717, 1.165) is 19.6 Å². The van der Waals surface area contributed by atoms with Gasteiger partial charge in [0.15, 0.2) is 6.29 Å². The lowest BCUT2D eigenvalue weighted by atomic mass is 9.96. The van der Waals surface area contributed by atoms with Crippen molar-refractivity contribution in [3.8, 4) is 0 Å². The number of rotatable bonds is 4. The molecule has 4 nitrogen and oxygen atoms in total. The SMILES string of the molecule is CCN1CCC(C2OCC(CCO)O2)CC1. The molecule has 2 heterocycles. The zero-order valence-corrected chi connectivity index (χ0v) is 10.1. The predicted molar refractivity (Wildman–Crippen MR) is 61.2 cm³/mol. The minimum absolute atomic E-state index is 0.0180. The molecule has 0 radical (unpaired) electrons. The van der Waals surface area contributed by atoms with Crippen molar-refractivity contribution in [3.63, 3.8) is 0 Å². The Labute approximate surface area is 97.5 Å². The summed E-state index contributed by atoms with van der Waals surface area (Å²) in [7, 11) is 0. The lowest BCUT2D eigenvalue weighted by Gasteiger charge is -2.33. The van der Waals surface area contributed by atoms with Gasteiger partial charge in [-0.25, -0.2) is 0 Å². The summed E-state index contributed by atoms with van der Waals surface area (Å²) in [6.45, 7) is 6.52. The van der Waals surface area contributed by atoms with Gasteiger partial charge in [0.2, 0.25) is 0 Å². The van der Waals surface area contributed by atoms with E-state index in [0.29, 0.717) is 18.9 Å². The van der Waals surface area contributed by atoms with Gasteiger partial charge in [-0.05, 0) is 38.9 Å². The fourth-order valence-corrected chi connectivity index (χ4v) is 2.55. The van der Waals surface area contributed by atoms with Crippen LogP contribution in [-0.2, 0) is 9.47 Å². The number of nitrogens with zero attached hydrogens (tertiary/aromatic N) is 1. The first kappa shape index (κ1) is 12.3. The van der Waals surface area contributed by atoms with E-state index in [2.05, 4.69) is 11.8 Å². The number of aliphatic hydroxyl groups is 1. The summed E-state index contributed by atoms with van der Waals surface area (Å²) in [6.07, 6.45) is 3.13. The quantitative estimate of drug-likeness (QED) is 0.776.